The Morgan fingerprint density at radius 1 is 1.04 bits per heavy atom. The van der Waals surface area contributed by atoms with Crippen LogP contribution in [0.5, 0.6) is 5.88 Å². The molecule has 1 aromatic carbocycles. The van der Waals surface area contributed by atoms with Crippen molar-refractivity contribution in [1.82, 2.24) is 14.6 Å². The van der Waals surface area contributed by atoms with Crippen LogP contribution in [0, 0.1) is 11.7 Å². The van der Waals surface area contributed by atoms with Gasteiger partial charge in [0.25, 0.3) is 0 Å². The van der Waals surface area contributed by atoms with Gasteiger partial charge in [-0.1, -0.05) is 26.7 Å². The fraction of sp³-hybridized carbons (Fsp3) is 0.429. The predicted octanol–water partition coefficient (Wildman–Crippen LogP) is 5.52. The Bertz CT molecular complexity index is 840. The Morgan fingerprint density at radius 3 is 2.46 bits per heavy atom. The van der Waals surface area contributed by atoms with Gasteiger partial charge >= 0.3 is 0 Å². The van der Waals surface area contributed by atoms with Crippen molar-refractivity contribution in [2.45, 2.75) is 52.6 Å². The fourth-order valence-electron chi connectivity index (χ4n) is 3.17. The van der Waals surface area contributed by atoms with Gasteiger partial charge in [-0.3, -0.25) is 0 Å². The first-order chi connectivity index (χ1) is 12.6. The zero-order valence-corrected chi connectivity index (χ0v) is 15.7. The Morgan fingerprint density at radius 2 is 1.77 bits per heavy atom. The third-order valence-electron chi connectivity index (χ3n) is 4.94. The van der Waals surface area contributed by atoms with Crippen LogP contribution in [0.25, 0.3) is 16.9 Å². The molecular formula is C21H26FN3O. The molecule has 0 aliphatic heterocycles. The summed E-state index contributed by atoms with van der Waals surface area (Å²) in [5, 5.41) is 4.58. The minimum atomic E-state index is -0.258. The molecule has 0 aliphatic carbocycles. The quantitative estimate of drug-likeness (QED) is 0.534. The molecule has 0 saturated carbocycles. The summed E-state index contributed by atoms with van der Waals surface area (Å²) >= 11 is 0. The monoisotopic (exact) mass is 355 g/mol. The summed E-state index contributed by atoms with van der Waals surface area (Å²) in [4.78, 5) is 4.37. The van der Waals surface area contributed by atoms with E-state index in [9.17, 15) is 4.39 Å². The number of rotatable bonds is 8. The van der Waals surface area contributed by atoms with E-state index in [-0.39, 0.29) is 11.9 Å². The van der Waals surface area contributed by atoms with E-state index < -0.39 is 0 Å². The van der Waals surface area contributed by atoms with Gasteiger partial charge in [-0.25, -0.2) is 13.9 Å². The maximum atomic E-state index is 13.2. The Hall–Kier alpha value is -2.43. The van der Waals surface area contributed by atoms with E-state index in [1.165, 1.54) is 31.4 Å². The highest BCUT2D eigenvalue weighted by molar-refractivity contribution is 5.62. The number of nitrogens with zero attached hydrogens (tertiary/aromatic N) is 3. The van der Waals surface area contributed by atoms with Crippen molar-refractivity contribution in [3.8, 4) is 17.1 Å². The minimum Gasteiger partial charge on any atom is -0.474 e. The number of imidazole rings is 1. The topological polar surface area (TPSA) is 39.4 Å². The van der Waals surface area contributed by atoms with Crippen LogP contribution in [0.2, 0.25) is 0 Å². The first kappa shape index (κ1) is 18.4. The highest BCUT2D eigenvalue weighted by Crippen LogP contribution is 2.23. The Balaban J connectivity index is 1.76. The number of hydrogen-bond acceptors (Lipinski definition) is 3. The Labute approximate surface area is 154 Å². The lowest BCUT2D eigenvalue weighted by atomic mass is 9.96. The van der Waals surface area contributed by atoms with Gasteiger partial charge in [0.1, 0.15) is 5.82 Å². The van der Waals surface area contributed by atoms with E-state index >= 15 is 0 Å². The summed E-state index contributed by atoms with van der Waals surface area (Å²) in [6.07, 6.45) is 6.46. The summed E-state index contributed by atoms with van der Waals surface area (Å²) in [7, 11) is 0. The summed E-state index contributed by atoms with van der Waals surface area (Å²) in [6.45, 7) is 6.57. The largest absolute Gasteiger partial charge is 0.474 e. The van der Waals surface area contributed by atoms with Crippen LogP contribution in [0.3, 0.4) is 0 Å². The van der Waals surface area contributed by atoms with E-state index in [1.54, 1.807) is 22.8 Å². The van der Waals surface area contributed by atoms with E-state index in [2.05, 4.69) is 30.9 Å². The normalized spacial score (nSPS) is 12.7. The lowest BCUT2D eigenvalue weighted by Gasteiger charge is -2.17. The molecular weight excluding hydrogens is 329 g/mol. The highest BCUT2D eigenvalue weighted by atomic mass is 19.1. The summed E-state index contributed by atoms with van der Waals surface area (Å²) in [5.41, 5.74) is 2.42. The van der Waals surface area contributed by atoms with E-state index in [0.29, 0.717) is 5.88 Å². The zero-order chi connectivity index (χ0) is 18.5. The third-order valence-corrected chi connectivity index (χ3v) is 4.94. The second kappa shape index (κ2) is 8.30. The molecule has 0 saturated heterocycles. The number of aromatic nitrogens is 3. The second-order valence-corrected chi connectivity index (χ2v) is 6.78. The first-order valence-corrected chi connectivity index (χ1v) is 9.38. The number of halogens is 1. The smallest absolute Gasteiger partial charge is 0.232 e. The molecule has 26 heavy (non-hydrogen) atoms. The van der Waals surface area contributed by atoms with Gasteiger partial charge in [0.05, 0.1) is 18.0 Å². The number of fused-ring (bicyclic) bond motifs is 1. The molecule has 4 nitrogen and oxygen atoms in total. The van der Waals surface area contributed by atoms with Gasteiger partial charge in [-0.15, -0.1) is 5.10 Å². The average Bonchev–Trinajstić information content (AvgIpc) is 3.06. The van der Waals surface area contributed by atoms with Crippen molar-refractivity contribution < 1.29 is 9.13 Å². The molecule has 0 aliphatic rings. The lowest BCUT2D eigenvalue weighted by Crippen LogP contribution is -2.15. The summed E-state index contributed by atoms with van der Waals surface area (Å²) in [5.74, 6) is 1.08. The molecule has 1 atom stereocenters. The average molecular weight is 355 g/mol. The van der Waals surface area contributed by atoms with Crippen molar-refractivity contribution >= 4 is 5.65 Å². The van der Waals surface area contributed by atoms with Gasteiger partial charge in [0.2, 0.25) is 5.88 Å². The van der Waals surface area contributed by atoms with Gasteiger partial charge < -0.3 is 4.74 Å². The van der Waals surface area contributed by atoms with Crippen LogP contribution in [-0.2, 0) is 0 Å². The van der Waals surface area contributed by atoms with Crippen molar-refractivity contribution in [1.29, 1.82) is 0 Å². The van der Waals surface area contributed by atoms with Crippen LogP contribution in [-0.4, -0.2) is 20.7 Å². The molecule has 3 aromatic rings. The molecule has 1 unspecified atom stereocenters. The maximum absolute atomic E-state index is 13.2. The second-order valence-electron chi connectivity index (χ2n) is 6.78. The van der Waals surface area contributed by atoms with Crippen LogP contribution in [0.4, 0.5) is 4.39 Å². The fourth-order valence-corrected chi connectivity index (χ4v) is 3.17. The van der Waals surface area contributed by atoms with Crippen LogP contribution in [0.1, 0.15) is 46.5 Å². The van der Waals surface area contributed by atoms with Crippen molar-refractivity contribution in [3.05, 3.63) is 48.4 Å². The molecule has 2 aromatic heterocycles. The molecule has 0 bridgehead atoms. The van der Waals surface area contributed by atoms with E-state index in [0.717, 1.165) is 29.2 Å². The minimum absolute atomic E-state index is 0.110. The molecule has 0 N–H and O–H groups in total. The third kappa shape index (κ3) is 4.21. The van der Waals surface area contributed by atoms with Gasteiger partial charge in [0.15, 0.2) is 5.65 Å². The Kier molecular flexibility index (Phi) is 5.86. The molecule has 2 heterocycles. The molecule has 0 spiro atoms. The molecule has 0 amide bonds. The highest BCUT2D eigenvalue weighted by Gasteiger charge is 2.12. The zero-order valence-electron chi connectivity index (χ0n) is 15.7. The summed E-state index contributed by atoms with van der Waals surface area (Å²) < 4.78 is 20.9. The van der Waals surface area contributed by atoms with Crippen LogP contribution < -0.4 is 4.74 Å². The molecule has 5 heteroatoms. The van der Waals surface area contributed by atoms with Gasteiger partial charge in [-0.2, -0.15) is 0 Å². The SMILES string of the molecule is CCC(CC)CCC(C)Oc1ccc2ncc(-c3ccc(F)cc3)n2n1. The van der Waals surface area contributed by atoms with Crippen molar-refractivity contribution in [2.24, 2.45) is 5.92 Å². The molecule has 0 radical (unpaired) electrons. The van der Waals surface area contributed by atoms with E-state index in [1.807, 2.05) is 12.1 Å². The van der Waals surface area contributed by atoms with Crippen molar-refractivity contribution in [3.63, 3.8) is 0 Å². The number of hydrogen-bond donors (Lipinski definition) is 0. The first-order valence-electron chi connectivity index (χ1n) is 9.38. The predicted molar refractivity (Wildman–Crippen MR) is 102 cm³/mol. The summed E-state index contributed by atoms with van der Waals surface area (Å²) in [6, 6.07) is 10.1. The molecule has 3 rings (SSSR count). The molecule has 138 valence electrons. The van der Waals surface area contributed by atoms with Gasteiger partial charge in [-0.05, 0) is 56.0 Å². The molecule has 0 fully saturated rings. The number of benzene rings is 1. The maximum Gasteiger partial charge on any atom is 0.232 e. The van der Waals surface area contributed by atoms with E-state index in [4.69, 9.17) is 4.74 Å². The standard InChI is InChI=1S/C21H26FN3O/c1-4-16(5-2)7-6-15(3)26-21-13-12-20-23-14-19(25(20)24-21)17-8-10-18(22)11-9-17/h8-16H,4-7H2,1-3H3. The van der Waals surface area contributed by atoms with Crippen LogP contribution >= 0.6 is 0 Å². The van der Waals surface area contributed by atoms with Crippen LogP contribution in [0.15, 0.2) is 42.6 Å². The van der Waals surface area contributed by atoms with Crippen molar-refractivity contribution in [2.75, 3.05) is 0 Å². The lowest BCUT2D eigenvalue weighted by molar-refractivity contribution is 0.187. The number of ether oxygens (including phenoxy) is 1. The van der Waals surface area contributed by atoms with Gasteiger partial charge in [0, 0.05) is 11.6 Å².